The molecule has 0 aromatic heterocycles. The van der Waals surface area contributed by atoms with E-state index < -0.39 is 10.0 Å². The Hall–Kier alpha value is -2.45. The highest BCUT2D eigenvalue weighted by atomic mass is 32.2. The van der Waals surface area contributed by atoms with E-state index in [9.17, 15) is 17.6 Å². The van der Waals surface area contributed by atoms with Crippen molar-refractivity contribution in [2.24, 2.45) is 0 Å². The molecule has 2 rings (SSSR count). The molecule has 24 heavy (non-hydrogen) atoms. The molecule has 0 spiro atoms. The Morgan fingerprint density at radius 2 is 1.71 bits per heavy atom. The van der Waals surface area contributed by atoms with Gasteiger partial charge in [-0.15, -0.1) is 0 Å². The van der Waals surface area contributed by atoms with Gasteiger partial charge in [-0.25, -0.2) is 17.5 Å². The molecule has 0 aliphatic rings. The SMILES string of the molecule is CC(=O)Nc1ccc(S(=O)(=O)NCCOc2ccc(F)cc2)cc1. The van der Waals surface area contributed by atoms with E-state index in [0.717, 1.165) is 0 Å². The van der Waals surface area contributed by atoms with E-state index in [-0.39, 0.29) is 29.8 Å². The van der Waals surface area contributed by atoms with Crippen molar-refractivity contribution < 1.29 is 22.3 Å². The molecule has 2 aromatic rings. The average Bonchev–Trinajstić information content (AvgIpc) is 2.53. The number of carbonyl (C=O) groups excluding carboxylic acids is 1. The van der Waals surface area contributed by atoms with E-state index in [1.165, 1.54) is 55.5 Å². The Kier molecular flexibility index (Phi) is 5.88. The number of benzene rings is 2. The van der Waals surface area contributed by atoms with Crippen LogP contribution in [0.4, 0.5) is 10.1 Å². The number of ether oxygens (including phenoxy) is 1. The molecule has 0 unspecified atom stereocenters. The second-order valence-corrected chi connectivity index (χ2v) is 6.67. The Morgan fingerprint density at radius 1 is 1.08 bits per heavy atom. The zero-order valence-corrected chi connectivity index (χ0v) is 13.8. The number of halogens is 1. The predicted octanol–water partition coefficient (Wildman–Crippen LogP) is 2.14. The van der Waals surface area contributed by atoms with E-state index in [1.807, 2.05) is 0 Å². The molecule has 0 bridgehead atoms. The molecule has 1 amide bonds. The highest BCUT2D eigenvalue weighted by Crippen LogP contribution is 2.14. The van der Waals surface area contributed by atoms with Gasteiger partial charge in [0.05, 0.1) is 4.90 Å². The van der Waals surface area contributed by atoms with Gasteiger partial charge in [0, 0.05) is 19.2 Å². The van der Waals surface area contributed by atoms with Crippen LogP contribution in [-0.2, 0) is 14.8 Å². The van der Waals surface area contributed by atoms with E-state index in [0.29, 0.717) is 11.4 Å². The minimum atomic E-state index is -3.67. The summed E-state index contributed by atoms with van der Waals surface area (Å²) in [6.45, 7) is 1.54. The van der Waals surface area contributed by atoms with Crippen LogP contribution in [-0.4, -0.2) is 27.5 Å². The highest BCUT2D eigenvalue weighted by molar-refractivity contribution is 7.89. The Morgan fingerprint density at radius 3 is 2.29 bits per heavy atom. The Balaban J connectivity index is 1.86. The van der Waals surface area contributed by atoms with Crippen molar-refractivity contribution in [2.75, 3.05) is 18.5 Å². The summed E-state index contributed by atoms with van der Waals surface area (Å²) in [6.07, 6.45) is 0. The molecule has 6 nitrogen and oxygen atoms in total. The van der Waals surface area contributed by atoms with Crippen molar-refractivity contribution in [1.29, 1.82) is 0 Å². The molecule has 128 valence electrons. The standard InChI is InChI=1S/C16H17FN2O4S/c1-12(20)19-14-4-8-16(9-5-14)24(21,22)18-10-11-23-15-6-2-13(17)3-7-15/h2-9,18H,10-11H2,1H3,(H,19,20). The number of hydrogen-bond acceptors (Lipinski definition) is 4. The largest absolute Gasteiger partial charge is 0.492 e. The summed E-state index contributed by atoms with van der Waals surface area (Å²) in [7, 11) is -3.67. The van der Waals surface area contributed by atoms with Gasteiger partial charge in [-0.05, 0) is 48.5 Å². The molecule has 0 radical (unpaired) electrons. The quantitative estimate of drug-likeness (QED) is 0.748. The maximum absolute atomic E-state index is 12.7. The molecular weight excluding hydrogens is 335 g/mol. The summed E-state index contributed by atoms with van der Waals surface area (Å²) in [6, 6.07) is 11.3. The smallest absolute Gasteiger partial charge is 0.240 e. The molecule has 0 fully saturated rings. The third-order valence-electron chi connectivity index (χ3n) is 2.96. The van der Waals surface area contributed by atoms with Gasteiger partial charge in [0.2, 0.25) is 15.9 Å². The summed E-state index contributed by atoms with van der Waals surface area (Å²) in [5.74, 6) is -0.150. The van der Waals surface area contributed by atoms with Gasteiger partial charge in [-0.2, -0.15) is 0 Å². The molecule has 0 aliphatic carbocycles. The van der Waals surface area contributed by atoms with Crippen LogP contribution in [0.15, 0.2) is 53.4 Å². The number of sulfonamides is 1. The Labute approximate surface area is 139 Å². The van der Waals surface area contributed by atoms with Gasteiger partial charge in [0.25, 0.3) is 0 Å². The maximum atomic E-state index is 12.7. The summed E-state index contributed by atoms with van der Waals surface area (Å²) in [4.78, 5) is 11.0. The normalized spacial score (nSPS) is 11.1. The first kappa shape index (κ1) is 17.9. The van der Waals surface area contributed by atoms with Gasteiger partial charge < -0.3 is 10.1 Å². The van der Waals surface area contributed by atoms with Gasteiger partial charge in [-0.3, -0.25) is 4.79 Å². The molecule has 2 N–H and O–H groups in total. The highest BCUT2D eigenvalue weighted by Gasteiger charge is 2.13. The zero-order valence-electron chi connectivity index (χ0n) is 13.0. The van der Waals surface area contributed by atoms with Crippen LogP contribution in [0.2, 0.25) is 0 Å². The monoisotopic (exact) mass is 352 g/mol. The third-order valence-corrected chi connectivity index (χ3v) is 4.44. The zero-order chi connectivity index (χ0) is 17.6. The average molecular weight is 352 g/mol. The van der Waals surface area contributed by atoms with Crippen molar-refractivity contribution in [3.8, 4) is 5.75 Å². The first-order valence-corrected chi connectivity index (χ1v) is 8.61. The second-order valence-electron chi connectivity index (χ2n) is 4.91. The number of carbonyl (C=O) groups is 1. The van der Waals surface area contributed by atoms with Crippen LogP contribution in [0.1, 0.15) is 6.92 Å². The molecule has 0 atom stereocenters. The van der Waals surface area contributed by atoms with Gasteiger partial charge >= 0.3 is 0 Å². The molecule has 0 heterocycles. The molecule has 2 aromatic carbocycles. The molecule has 0 saturated carbocycles. The van der Waals surface area contributed by atoms with E-state index in [1.54, 1.807) is 0 Å². The second kappa shape index (κ2) is 7.89. The maximum Gasteiger partial charge on any atom is 0.240 e. The van der Waals surface area contributed by atoms with Crippen LogP contribution in [0.5, 0.6) is 5.75 Å². The molecule has 0 aliphatic heterocycles. The minimum absolute atomic E-state index is 0.0627. The van der Waals surface area contributed by atoms with Gasteiger partial charge in [0.1, 0.15) is 18.2 Å². The van der Waals surface area contributed by atoms with E-state index in [4.69, 9.17) is 4.74 Å². The fourth-order valence-corrected chi connectivity index (χ4v) is 2.89. The van der Waals surface area contributed by atoms with Gasteiger partial charge in [-0.1, -0.05) is 0 Å². The molecule has 8 heteroatoms. The molecular formula is C16H17FN2O4S. The van der Waals surface area contributed by atoms with Crippen molar-refractivity contribution in [3.05, 3.63) is 54.3 Å². The van der Waals surface area contributed by atoms with Crippen LogP contribution >= 0.6 is 0 Å². The molecule has 0 saturated heterocycles. The fourth-order valence-electron chi connectivity index (χ4n) is 1.88. The first-order valence-electron chi connectivity index (χ1n) is 7.12. The van der Waals surface area contributed by atoms with Crippen molar-refractivity contribution in [2.45, 2.75) is 11.8 Å². The van der Waals surface area contributed by atoms with Crippen LogP contribution in [0, 0.1) is 5.82 Å². The third kappa shape index (κ3) is 5.32. The summed E-state index contributed by atoms with van der Waals surface area (Å²) >= 11 is 0. The minimum Gasteiger partial charge on any atom is -0.492 e. The van der Waals surface area contributed by atoms with Gasteiger partial charge in [0.15, 0.2) is 0 Å². The Bertz CT molecular complexity index is 790. The fraction of sp³-hybridized carbons (Fsp3) is 0.188. The summed E-state index contributed by atoms with van der Waals surface area (Å²) < 4.78 is 44.7. The lowest BCUT2D eigenvalue weighted by Gasteiger charge is -2.09. The lowest BCUT2D eigenvalue weighted by Crippen LogP contribution is -2.28. The predicted molar refractivity (Wildman–Crippen MR) is 87.8 cm³/mol. The van der Waals surface area contributed by atoms with E-state index in [2.05, 4.69) is 10.0 Å². The summed E-state index contributed by atoms with van der Waals surface area (Å²) in [5, 5.41) is 2.56. The van der Waals surface area contributed by atoms with Crippen molar-refractivity contribution >= 4 is 21.6 Å². The number of amides is 1. The van der Waals surface area contributed by atoms with Crippen molar-refractivity contribution in [1.82, 2.24) is 4.72 Å². The van der Waals surface area contributed by atoms with Crippen molar-refractivity contribution in [3.63, 3.8) is 0 Å². The van der Waals surface area contributed by atoms with Crippen LogP contribution in [0.3, 0.4) is 0 Å². The summed E-state index contributed by atoms with van der Waals surface area (Å²) in [5.41, 5.74) is 0.515. The van der Waals surface area contributed by atoms with E-state index >= 15 is 0 Å². The van der Waals surface area contributed by atoms with Crippen LogP contribution < -0.4 is 14.8 Å². The number of rotatable bonds is 7. The number of hydrogen-bond donors (Lipinski definition) is 2. The topological polar surface area (TPSA) is 84.5 Å². The first-order chi connectivity index (χ1) is 11.4. The van der Waals surface area contributed by atoms with Crippen LogP contribution in [0.25, 0.3) is 0 Å². The lowest BCUT2D eigenvalue weighted by molar-refractivity contribution is -0.114. The lowest BCUT2D eigenvalue weighted by atomic mass is 10.3. The number of nitrogens with one attached hydrogen (secondary N) is 2. The number of anilines is 1.